The molecule has 0 amide bonds. The lowest BCUT2D eigenvalue weighted by Crippen LogP contribution is -2.44. The van der Waals surface area contributed by atoms with E-state index in [2.05, 4.69) is 11.8 Å². The largest absolute Gasteiger partial charge is 0.393 e. The van der Waals surface area contributed by atoms with E-state index < -0.39 is 0 Å². The van der Waals surface area contributed by atoms with E-state index in [1.165, 1.54) is 0 Å². The van der Waals surface area contributed by atoms with E-state index in [1.807, 2.05) is 0 Å². The standard InChI is InChI=1S/C10H21NO2/c1-3-9-8-11(6-7-13-2)5-4-10(9)12/h9-10,12H,3-8H2,1-2H3. The SMILES string of the molecule is CCC1CN(CCOC)CCC1O. The van der Waals surface area contributed by atoms with Gasteiger partial charge < -0.3 is 14.7 Å². The molecule has 3 nitrogen and oxygen atoms in total. The lowest BCUT2D eigenvalue weighted by Gasteiger charge is -2.35. The number of likely N-dealkylation sites (tertiary alicyclic amines) is 1. The number of ether oxygens (including phenoxy) is 1. The van der Waals surface area contributed by atoms with Gasteiger partial charge in [0, 0.05) is 26.7 Å². The summed E-state index contributed by atoms with van der Waals surface area (Å²) in [5.41, 5.74) is 0. The summed E-state index contributed by atoms with van der Waals surface area (Å²) in [6, 6.07) is 0. The average Bonchev–Trinajstić information content (AvgIpc) is 2.16. The van der Waals surface area contributed by atoms with Gasteiger partial charge in [-0.15, -0.1) is 0 Å². The molecule has 0 aromatic heterocycles. The zero-order valence-electron chi connectivity index (χ0n) is 8.70. The van der Waals surface area contributed by atoms with E-state index in [0.717, 1.165) is 39.1 Å². The molecule has 0 aromatic rings. The van der Waals surface area contributed by atoms with E-state index in [-0.39, 0.29) is 6.10 Å². The van der Waals surface area contributed by atoms with Crippen LogP contribution in [0.4, 0.5) is 0 Å². The van der Waals surface area contributed by atoms with Crippen molar-refractivity contribution in [3.8, 4) is 0 Å². The average molecular weight is 187 g/mol. The maximum Gasteiger partial charge on any atom is 0.0592 e. The van der Waals surface area contributed by atoms with Crippen molar-refractivity contribution >= 4 is 0 Å². The van der Waals surface area contributed by atoms with E-state index in [1.54, 1.807) is 7.11 Å². The molecule has 2 atom stereocenters. The Bertz CT molecular complexity index is 139. The third-order valence-electron chi connectivity index (χ3n) is 2.91. The number of hydrogen-bond acceptors (Lipinski definition) is 3. The minimum absolute atomic E-state index is 0.0798. The summed E-state index contributed by atoms with van der Waals surface area (Å²) >= 11 is 0. The van der Waals surface area contributed by atoms with Crippen molar-refractivity contribution in [3.05, 3.63) is 0 Å². The molecule has 13 heavy (non-hydrogen) atoms. The van der Waals surface area contributed by atoms with Crippen LogP contribution in [0.1, 0.15) is 19.8 Å². The number of piperidine rings is 1. The minimum atomic E-state index is -0.0798. The van der Waals surface area contributed by atoms with E-state index in [4.69, 9.17) is 4.74 Å². The van der Waals surface area contributed by atoms with Gasteiger partial charge in [0.05, 0.1) is 12.7 Å². The molecule has 1 N–H and O–H groups in total. The molecule has 0 aromatic carbocycles. The first-order valence-corrected chi connectivity index (χ1v) is 5.17. The second kappa shape index (κ2) is 5.58. The smallest absolute Gasteiger partial charge is 0.0592 e. The summed E-state index contributed by atoms with van der Waals surface area (Å²) in [4.78, 5) is 2.38. The lowest BCUT2D eigenvalue weighted by atomic mass is 9.92. The van der Waals surface area contributed by atoms with Crippen molar-refractivity contribution in [2.45, 2.75) is 25.9 Å². The molecular weight excluding hydrogens is 166 g/mol. The van der Waals surface area contributed by atoms with Crippen LogP contribution in [0, 0.1) is 5.92 Å². The molecule has 1 fully saturated rings. The van der Waals surface area contributed by atoms with Gasteiger partial charge in [-0.05, 0) is 18.8 Å². The third kappa shape index (κ3) is 3.25. The van der Waals surface area contributed by atoms with Gasteiger partial charge in [0.2, 0.25) is 0 Å². The first-order chi connectivity index (χ1) is 6.27. The third-order valence-corrected chi connectivity index (χ3v) is 2.91. The van der Waals surface area contributed by atoms with Crippen molar-refractivity contribution < 1.29 is 9.84 Å². The second-order valence-corrected chi connectivity index (χ2v) is 3.82. The highest BCUT2D eigenvalue weighted by molar-refractivity contribution is 4.78. The van der Waals surface area contributed by atoms with Crippen LogP contribution in [0.15, 0.2) is 0 Å². The van der Waals surface area contributed by atoms with Gasteiger partial charge in [-0.3, -0.25) is 0 Å². The fourth-order valence-corrected chi connectivity index (χ4v) is 1.92. The van der Waals surface area contributed by atoms with Crippen LogP contribution in [-0.4, -0.2) is 49.5 Å². The number of aliphatic hydroxyl groups is 1. The minimum Gasteiger partial charge on any atom is -0.393 e. The van der Waals surface area contributed by atoms with Crippen LogP contribution >= 0.6 is 0 Å². The van der Waals surface area contributed by atoms with E-state index >= 15 is 0 Å². The fraction of sp³-hybridized carbons (Fsp3) is 1.00. The van der Waals surface area contributed by atoms with Crippen molar-refractivity contribution in [3.63, 3.8) is 0 Å². The molecule has 1 aliphatic rings. The first-order valence-electron chi connectivity index (χ1n) is 5.17. The number of methoxy groups -OCH3 is 1. The molecule has 2 unspecified atom stereocenters. The Morgan fingerprint density at radius 2 is 2.31 bits per heavy atom. The summed E-state index contributed by atoms with van der Waals surface area (Å²) in [5.74, 6) is 0.464. The molecule has 78 valence electrons. The second-order valence-electron chi connectivity index (χ2n) is 3.82. The molecule has 0 bridgehead atoms. The van der Waals surface area contributed by atoms with E-state index in [0.29, 0.717) is 5.92 Å². The summed E-state index contributed by atoms with van der Waals surface area (Å²) < 4.78 is 5.04. The van der Waals surface area contributed by atoms with Crippen molar-refractivity contribution in [1.82, 2.24) is 4.90 Å². The zero-order valence-corrected chi connectivity index (χ0v) is 8.70. The highest BCUT2D eigenvalue weighted by atomic mass is 16.5. The molecule has 3 heteroatoms. The molecule has 0 aliphatic carbocycles. The molecule has 1 rings (SSSR count). The van der Waals surface area contributed by atoms with Gasteiger partial charge in [-0.1, -0.05) is 6.92 Å². The zero-order chi connectivity index (χ0) is 9.68. The van der Waals surface area contributed by atoms with Crippen LogP contribution in [0.2, 0.25) is 0 Å². The summed E-state index contributed by atoms with van der Waals surface area (Å²) in [6.07, 6.45) is 1.91. The molecule has 0 radical (unpaired) electrons. The Morgan fingerprint density at radius 3 is 2.92 bits per heavy atom. The van der Waals surface area contributed by atoms with E-state index in [9.17, 15) is 5.11 Å². The van der Waals surface area contributed by atoms with Crippen molar-refractivity contribution in [1.29, 1.82) is 0 Å². The predicted octanol–water partition coefficient (Wildman–Crippen LogP) is 0.726. The van der Waals surface area contributed by atoms with Crippen molar-refractivity contribution in [2.75, 3.05) is 33.4 Å². The lowest BCUT2D eigenvalue weighted by molar-refractivity contribution is 0.0165. The molecule has 1 heterocycles. The van der Waals surface area contributed by atoms with Gasteiger partial charge in [0.25, 0.3) is 0 Å². The Labute approximate surface area is 80.7 Å². The fourth-order valence-electron chi connectivity index (χ4n) is 1.92. The quantitative estimate of drug-likeness (QED) is 0.704. The molecule has 1 aliphatic heterocycles. The summed E-state index contributed by atoms with van der Waals surface area (Å²) in [6.45, 7) is 5.99. The maximum atomic E-state index is 9.65. The van der Waals surface area contributed by atoms with Crippen LogP contribution in [0.3, 0.4) is 0 Å². The normalized spacial score (nSPS) is 30.7. The van der Waals surface area contributed by atoms with Crippen LogP contribution in [-0.2, 0) is 4.74 Å². The molecular formula is C10H21NO2. The number of hydrogen-bond donors (Lipinski definition) is 1. The monoisotopic (exact) mass is 187 g/mol. The van der Waals surface area contributed by atoms with Gasteiger partial charge in [0.1, 0.15) is 0 Å². The molecule has 1 saturated heterocycles. The molecule has 0 saturated carbocycles. The van der Waals surface area contributed by atoms with Crippen LogP contribution < -0.4 is 0 Å². The van der Waals surface area contributed by atoms with Crippen molar-refractivity contribution in [2.24, 2.45) is 5.92 Å². The van der Waals surface area contributed by atoms with Crippen LogP contribution in [0.25, 0.3) is 0 Å². The Balaban J connectivity index is 2.27. The Morgan fingerprint density at radius 1 is 1.54 bits per heavy atom. The summed E-state index contributed by atoms with van der Waals surface area (Å²) in [7, 11) is 1.73. The highest BCUT2D eigenvalue weighted by Gasteiger charge is 2.25. The number of nitrogens with zero attached hydrogens (tertiary/aromatic N) is 1. The topological polar surface area (TPSA) is 32.7 Å². The highest BCUT2D eigenvalue weighted by Crippen LogP contribution is 2.19. The van der Waals surface area contributed by atoms with Crippen LogP contribution in [0.5, 0.6) is 0 Å². The number of rotatable bonds is 4. The predicted molar refractivity (Wildman–Crippen MR) is 52.7 cm³/mol. The van der Waals surface area contributed by atoms with Gasteiger partial charge in [-0.25, -0.2) is 0 Å². The Kier molecular flexibility index (Phi) is 4.70. The first kappa shape index (κ1) is 11.0. The maximum absolute atomic E-state index is 9.65. The van der Waals surface area contributed by atoms with Gasteiger partial charge in [0.15, 0.2) is 0 Å². The number of aliphatic hydroxyl groups excluding tert-OH is 1. The van der Waals surface area contributed by atoms with Gasteiger partial charge >= 0.3 is 0 Å². The molecule has 0 spiro atoms. The van der Waals surface area contributed by atoms with Gasteiger partial charge in [-0.2, -0.15) is 0 Å². The Hall–Kier alpha value is -0.120. The summed E-state index contributed by atoms with van der Waals surface area (Å²) in [5, 5.41) is 9.65.